The topological polar surface area (TPSA) is 186 Å². The second-order valence-electron chi connectivity index (χ2n) is 8.24. The molecule has 5 N–H and O–H groups in total. The van der Waals surface area contributed by atoms with Gasteiger partial charge in [0.05, 0.1) is 32.8 Å². The summed E-state index contributed by atoms with van der Waals surface area (Å²) in [6.45, 7) is 3.05. The largest absolute Gasteiger partial charge is 0.480 e. The van der Waals surface area contributed by atoms with E-state index in [4.69, 9.17) is 5.11 Å². The molecule has 0 aliphatic carbocycles. The summed E-state index contributed by atoms with van der Waals surface area (Å²) in [5, 5.41) is 46.0. The number of rotatable bonds is 13. The van der Waals surface area contributed by atoms with Crippen molar-refractivity contribution in [1.29, 1.82) is 0 Å². The molecule has 0 unspecified atom stereocenters. The number of hydrogen-bond acceptors (Lipinski definition) is 10. The normalized spacial score (nSPS) is 18.3. The molecule has 0 saturated carbocycles. The Morgan fingerprint density at radius 1 is 0.559 bits per heavy atom. The highest BCUT2D eigenvalue weighted by Crippen LogP contribution is 2.02. The fourth-order valence-electron chi connectivity index (χ4n) is 3.74. The van der Waals surface area contributed by atoms with Gasteiger partial charge in [-0.25, -0.2) is 0 Å². The van der Waals surface area contributed by atoms with E-state index in [1.165, 1.54) is 0 Å². The van der Waals surface area contributed by atoms with Crippen molar-refractivity contribution in [3.8, 4) is 0 Å². The molecule has 0 aromatic rings. The third-order valence-electron chi connectivity index (χ3n) is 5.51. The van der Waals surface area contributed by atoms with E-state index in [1.54, 1.807) is 19.6 Å². The Morgan fingerprint density at radius 2 is 0.912 bits per heavy atom. The molecule has 14 heteroatoms. The first-order valence-electron chi connectivity index (χ1n) is 11.2. The Hall–Kier alpha value is -2.36. The highest BCUT2D eigenvalue weighted by Gasteiger charge is 2.20. The van der Waals surface area contributed by atoms with Crippen LogP contribution < -0.4 is 0 Å². The van der Waals surface area contributed by atoms with Gasteiger partial charge in [-0.2, -0.15) is 0 Å². The average molecular weight is 492 g/mol. The first-order valence-corrected chi connectivity index (χ1v) is 11.2. The summed E-state index contributed by atoms with van der Waals surface area (Å²) in [4.78, 5) is 53.7. The minimum absolute atomic E-state index is 0.182. The van der Waals surface area contributed by atoms with E-state index >= 15 is 0 Å². The van der Waals surface area contributed by atoms with Crippen LogP contribution in [0.25, 0.3) is 0 Å². The van der Waals surface area contributed by atoms with E-state index in [0.717, 1.165) is 0 Å². The summed E-state index contributed by atoms with van der Waals surface area (Å²) in [6.07, 6.45) is 0. The molecule has 14 nitrogen and oxygen atoms in total. The first kappa shape index (κ1) is 29.7. The second kappa shape index (κ2) is 16.3. The van der Waals surface area contributed by atoms with Crippen LogP contribution in [0.2, 0.25) is 0 Å². The Balaban J connectivity index is 2.94. The van der Waals surface area contributed by atoms with E-state index < -0.39 is 23.9 Å². The number of carboxylic acid groups (broad SMARTS) is 4. The van der Waals surface area contributed by atoms with Crippen LogP contribution in [0.3, 0.4) is 0 Å². The summed E-state index contributed by atoms with van der Waals surface area (Å²) in [6, 6.07) is 0. The standard InChI is InChI=1S/C20H37N5O9/c26-12-11-25(16-20(33)34)6-3-21-1-4-22(13-17(27)28)7-9-24(15-19(31)32)10-8-23(5-2-21)14-18(29)30/h26H,1-16H2,(H,27,28)(H,29,30)(H,31,32)(H,33,34). The van der Waals surface area contributed by atoms with Gasteiger partial charge in [-0.1, -0.05) is 0 Å². The molecule has 1 aliphatic rings. The maximum Gasteiger partial charge on any atom is 0.317 e. The van der Waals surface area contributed by atoms with Crippen molar-refractivity contribution in [2.24, 2.45) is 0 Å². The van der Waals surface area contributed by atoms with Gasteiger partial charge in [0.25, 0.3) is 0 Å². The fraction of sp³-hybridized carbons (Fsp3) is 0.800. The Labute approximate surface area is 198 Å². The number of nitrogens with zero attached hydrogens (tertiary/aromatic N) is 5. The third-order valence-corrected chi connectivity index (χ3v) is 5.51. The van der Waals surface area contributed by atoms with Crippen LogP contribution in [0.1, 0.15) is 0 Å². The number of aliphatic hydroxyl groups excluding tert-OH is 1. The quantitative estimate of drug-likeness (QED) is 0.174. The Kier molecular flexibility index (Phi) is 14.2. The molecule has 1 aliphatic heterocycles. The van der Waals surface area contributed by atoms with Crippen molar-refractivity contribution in [3.63, 3.8) is 0 Å². The summed E-state index contributed by atoms with van der Waals surface area (Å²) in [5.74, 6) is -4.01. The third kappa shape index (κ3) is 14.0. The molecular weight excluding hydrogens is 454 g/mol. The molecule has 1 rings (SSSR count). The van der Waals surface area contributed by atoms with Gasteiger partial charge in [-0.3, -0.25) is 43.7 Å². The summed E-state index contributed by atoms with van der Waals surface area (Å²) < 4.78 is 0. The van der Waals surface area contributed by atoms with Gasteiger partial charge in [0.15, 0.2) is 0 Å². The molecule has 0 aromatic carbocycles. The first-order chi connectivity index (χ1) is 16.1. The summed E-state index contributed by atoms with van der Waals surface area (Å²) in [7, 11) is 0. The highest BCUT2D eigenvalue weighted by molar-refractivity contribution is 5.70. The van der Waals surface area contributed by atoms with E-state index in [0.29, 0.717) is 65.4 Å². The van der Waals surface area contributed by atoms with Crippen LogP contribution in [-0.2, 0) is 19.2 Å². The van der Waals surface area contributed by atoms with Crippen molar-refractivity contribution in [3.05, 3.63) is 0 Å². The minimum atomic E-state index is -1.01. The highest BCUT2D eigenvalue weighted by atomic mass is 16.4. The zero-order valence-electron chi connectivity index (χ0n) is 19.4. The number of carboxylic acids is 4. The second-order valence-corrected chi connectivity index (χ2v) is 8.24. The van der Waals surface area contributed by atoms with Crippen molar-refractivity contribution < 1.29 is 44.7 Å². The van der Waals surface area contributed by atoms with Gasteiger partial charge >= 0.3 is 23.9 Å². The number of aliphatic carboxylic acids is 4. The average Bonchev–Trinajstić information content (AvgIpc) is 2.71. The fourth-order valence-corrected chi connectivity index (χ4v) is 3.74. The molecule has 0 aromatic heterocycles. The molecule has 1 fully saturated rings. The maximum atomic E-state index is 11.3. The van der Waals surface area contributed by atoms with Gasteiger partial charge in [0.1, 0.15) is 0 Å². The predicted molar refractivity (Wildman–Crippen MR) is 120 cm³/mol. The number of hydrogen-bond donors (Lipinski definition) is 5. The zero-order valence-corrected chi connectivity index (χ0v) is 19.4. The van der Waals surface area contributed by atoms with Gasteiger partial charge in [0.2, 0.25) is 0 Å². The number of aliphatic hydroxyl groups is 1. The Morgan fingerprint density at radius 3 is 1.21 bits per heavy atom. The van der Waals surface area contributed by atoms with E-state index in [2.05, 4.69) is 0 Å². The van der Waals surface area contributed by atoms with Gasteiger partial charge in [0, 0.05) is 72.0 Å². The van der Waals surface area contributed by atoms with Crippen LogP contribution in [0.4, 0.5) is 0 Å². The summed E-state index contributed by atoms with van der Waals surface area (Å²) >= 11 is 0. The molecule has 1 heterocycles. The molecule has 196 valence electrons. The van der Waals surface area contributed by atoms with Crippen molar-refractivity contribution in [2.75, 3.05) is 105 Å². The molecule has 0 spiro atoms. The molecule has 0 amide bonds. The number of carbonyl (C=O) groups is 4. The van der Waals surface area contributed by atoms with E-state index in [9.17, 15) is 39.6 Å². The van der Waals surface area contributed by atoms with E-state index in [-0.39, 0.29) is 39.3 Å². The lowest BCUT2D eigenvalue weighted by Crippen LogP contribution is -2.49. The zero-order chi connectivity index (χ0) is 25.5. The van der Waals surface area contributed by atoms with Gasteiger partial charge in [-0.15, -0.1) is 0 Å². The summed E-state index contributed by atoms with van der Waals surface area (Å²) in [5.41, 5.74) is 0. The molecular formula is C20H37N5O9. The molecule has 34 heavy (non-hydrogen) atoms. The maximum absolute atomic E-state index is 11.3. The SMILES string of the molecule is O=C(O)CN(CCO)CCN1CCN(CC(=O)O)CCN(CC(=O)O)CCN(CC(=O)O)CC1. The monoisotopic (exact) mass is 491 g/mol. The minimum Gasteiger partial charge on any atom is -0.480 e. The Bertz CT molecular complexity index is 634. The van der Waals surface area contributed by atoms with Crippen LogP contribution in [0, 0.1) is 0 Å². The van der Waals surface area contributed by atoms with Crippen LogP contribution in [-0.4, -0.2) is 179 Å². The van der Waals surface area contributed by atoms with Crippen LogP contribution in [0.5, 0.6) is 0 Å². The molecule has 1 saturated heterocycles. The molecule has 0 radical (unpaired) electrons. The van der Waals surface area contributed by atoms with Gasteiger partial charge in [-0.05, 0) is 0 Å². The van der Waals surface area contributed by atoms with Crippen molar-refractivity contribution in [2.45, 2.75) is 0 Å². The van der Waals surface area contributed by atoms with Crippen LogP contribution >= 0.6 is 0 Å². The van der Waals surface area contributed by atoms with Gasteiger partial charge < -0.3 is 25.5 Å². The lowest BCUT2D eigenvalue weighted by Gasteiger charge is -2.33. The van der Waals surface area contributed by atoms with Crippen molar-refractivity contribution >= 4 is 23.9 Å². The van der Waals surface area contributed by atoms with Crippen LogP contribution in [0.15, 0.2) is 0 Å². The molecule has 0 bridgehead atoms. The molecule has 0 atom stereocenters. The van der Waals surface area contributed by atoms with E-state index in [1.807, 2.05) is 4.90 Å². The smallest absolute Gasteiger partial charge is 0.317 e. The lowest BCUT2D eigenvalue weighted by molar-refractivity contribution is -0.140. The predicted octanol–water partition coefficient (Wildman–Crippen LogP) is -3.16. The lowest BCUT2D eigenvalue weighted by atomic mass is 10.3. The van der Waals surface area contributed by atoms with Crippen molar-refractivity contribution in [1.82, 2.24) is 24.5 Å².